The Kier molecular flexibility index (Phi) is 3.01. The lowest BCUT2D eigenvalue weighted by molar-refractivity contribution is 0.746. The van der Waals surface area contributed by atoms with Crippen LogP contribution in [0, 0.1) is 0 Å². The maximum Gasteiger partial charge on any atom is 0.0853 e. The SMILES string of the molecule is CCc1nn(C)cc1NCc1cncs1. The van der Waals surface area contributed by atoms with Gasteiger partial charge in [0.15, 0.2) is 0 Å². The number of aryl methyl sites for hydroxylation is 2. The number of nitrogens with zero attached hydrogens (tertiary/aromatic N) is 3. The van der Waals surface area contributed by atoms with Crippen LogP contribution in [0.15, 0.2) is 17.9 Å². The summed E-state index contributed by atoms with van der Waals surface area (Å²) in [5, 5.41) is 7.75. The van der Waals surface area contributed by atoms with Gasteiger partial charge < -0.3 is 5.32 Å². The Morgan fingerprint density at radius 3 is 3.07 bits per heavy atom. The molecule has 0 unspecified atom stereocenters. The maximum atomic E-state index is 4.37. The number of rotatable bonds is 4. The zero-order valence-corrected chi connectivity index (χ0v) is 9.71. The maximum absolute atomic E-state index is 4.37. The third kappa shape index (κ3) is 2.36. The van der Waals surface area contributed by atoms with Crippen molar-refractivity contribution >= 4 is 17.0 Å². The Morgan fingerprint density at radius 2 is 2.40 bits per heavy atom. The van der Waals surface area contributed by atoms with Crippen LogP contribution >= 0.6 is 11.3 Å². The minimum absolute atomic E-state index is 0.823. The fourth-order valence-corrected chi connectivity index (χ4v) is 1.99. The Balaban J connectivity index is 2.04. The smallest absolute Gasteiger partial charge is 0.0853 e. The van der Waals surface area contributed by atoms with E-state index in [9.17, 15) is 0 Å². The number of aromatic nitrogens is 3. The molecular formula is C10H14N4S. The highest BCUT2D eigenvalue weighted by atomic mass is 32.1. The van der Waals surface area contributed by atoms with Gasteiger partial charge in [0.05, 0.1) is 23.4 Å². The molecule has 2 aromatic heterocycles. The molecule has 0 fully saturated rings. The first-order chi connectivity index (χ1) is 7.29. The molecule has 0 saturated carbocycles. The second-order valence-electron chi connectivity index (χ2n) is 3.34. The van der Waals surface area contributed by atoms with Gasteiger partial charge in [-0.3, -0.25) is 9.67 Å². The molecule has 0 radical (unpaired) electrons. The molecule has 0 aliphatic heterocycles. The van der Waals surface area contributed by atoms with Gasteiger partial charge in [-0.2, -0.15) is 5.10 Å². The second-order valence-corrected chi connectivity index (χ2v) is 4.31. The van der Waals surface area contributed by atoms with E-state index in [1.54, 1.807) is 11.3 Å². The highest BCUT2D eigenvalue weighted by molar-refractivity contribution is 7.09. The highest BCUT2D eigenvalue weighted by Gasteiger charge is 2.05. The lowest BCUT2D eigenvalue weighted by Crippen LogP contribution is -1.98. The topological polar surface area (TPSA) is 42.7 Å². The average Bonchev–Trinajstić information content (AvgIpc) is 2.83. The first kappa shape index (κ1) is 10.2. The minimum Gasteiger partial charge on any atom is -0.377 e. The lowest BCUT2D eigenvalue weighted by atomic mass is 10.3. The van der Waals surface area contributed by atoms with Gasteiger partial charge in [0, 0.05) is 24.3 Å². The highest BCUT2D eigenvalue weighted by Crippen LogP contribution is 2.15. The van der Waals surface area contributed by atoms with Gasteiger partial charge >= 0.3 is 0 Å². The van der Waals surface area contributed by atoms with Crippen LogP contribution in [0.3, 0.4) is 0 Å². The lowest BCUT2D eigenvalue weighted by Gasteiger charge is -2.02. The molecule has 80 valence electrons. The van der Waals surface area contributed by atoms with E-state index < -0.39 is 0 Å². The summed E-state index contributed by atoms with van der Waals surface area (Å²) < 4.78 is 1.84. The van der Waals surface area contributed by atoms with Gasteiger partial charge in [0.25, 0.3) is 0 Å². The molecule has 0 spiro atoms. The largest absolute Gasteiger partial charge is 0.377 e. The summed E-state index contributed by atoms with van der Waals surface area (Å²) in [6.45, 7) is 2.93. The zero-order chi connectivity index (χ0) is 10.7. The summed E-state index contributed by atoms with van der Waals surface area (Å²) in [6.07, 6.45) is 4.85. The predicted molar refractivity (Wildman–Crippen MR) is 62.0 cm³/mol. The molecule has 0 aromatic carbocycles. The van der Waals surface area contributed by atoms with Gasteiger partial charge in [-0.25, -0.2) is 0 Å². The van der Waals surface area contributed by atoms with Crippen LogP contribution in [-0.4, -0.2) is 14.8 Å². The summed E-state index contributed by atoms with van der Waals surface area (Å²) >= 11 is 1.66. The van der Waals surface area contributed by atoms with Gasteiger partial charge in [0.2, 0.25) is 0 Å². The van der Waals surface area contributed by atoms with E-state index >= 15 is 0 Å². The Labute approximate surface area is 93.0 Å². The van der Waals surface area contributed by atoms with Gasteiger partial charge in [0.1, 0.15) is 0 Å². The number of thiazole rings is 1. The standard InChI is InChI=1S/C10H14N4S/c1-3-9-10(6-14(2)13-9)12-5-8-4-11-7-15-8/h4,6-7,12H,3,5H2,1-2H3. The molecule has 0 saturated heterocycles. The molecule has 15 heavy (non-hydrogen) atoms. The minimum atomic E-state index is 0.823. The van der Waals surface area contributed by atoms with E-state index in [1.165, 1.54) is 4.88 Å². The summed E-state index contributed by atoms with van der Waals surface area (Å²) in [5.74, 6) is 0. The number of nitrogens with one attached hydrogen (secondary N) is 1. The van der Waals surface area contributed by atoms with Crippen molar-refractivity contribution in [3.63, 3.8) is 0 Å². The fourth-order valence-electron chi connectivity index (χ4n) is 1.46. The molecule has 0 amide bonds. The van der Waals surface area contributed by atoms with Crippen molar-refractivity contribution in [2.24, 2.45) is 7.05 Å². The molecular weight excluding hydrogens is 208 g/mol. The Bertz CT molecular complexity index is 419. The number of hydrogen-bond acceptors (Lipinski definition) is 4. The molecule has 0 aliphatic carbocycles. The number of anilines is 1. The summed E-state index contributed by atoms with van der Waals surface area (Å²) in [7, 11) is 1.94. The average molecular weight is 222 g/mol. The molecule has 0 atom stereocenters. The third-order valence-electron chi connectivity index (χ3n) is 2.18. The predicted octanol–water partition coefficient (Wildman–Crippen LogP) is 2.05. The van der Waals surface area contributed by atoms with Gasteiger partial charge in [-0.05, 0) is 6.42 Å². The van der Waals surface area contributed by atoms with Crippen LogP contribution in [0.2, 0.25) is 0 Å². The van der Waals surface area contributed by atoms with Crippen molar-refractivity contribution < 1.29 is 0 Å². The van der Waals surface area contributed by atoms with Crippen LogP contribution < -0.4 is 5.32 Å². The van der Waals surface area contributed by atoms with Crippen molar-refractivity contribution in [2.75, 3.05) is 5.32 Å². The molecule has 5 heteroatoms. The molecule has 2 heterocycles. The van der Waals surface area contributed by atoms with Crippen LogP contribution in [-0.2, 0) is 20.0 Å². The molecule has 0 bridgehead atoms. The van der Waals surface area contributed by atoms with Crippen LogP contribution in [0.25, 0.3) is 0 Å². The molecule has 1 N–H and O–H groups in total. The van der Waals surface area contributed by atoms with E-state index in [0.717, 1.165) is 24.3 Å². The third-order valence-corrected chi connectivity index (χ3v) is 2.96. The zero-order valence-electron chi connectivity index (χ0n) is 8.90. The van der Waals surface area contributed by atoms with Crippen molar-refractivity contribution in [3.8, 4) is 0 Å². The van der Waals surface area contributed by atoms with E-state index in [2.05, 4.69) is 22.3 Å². The first-order valence-electron chi connectivity index (χ1n) is 4.93. The normalized spacial score (nSPS) is 10.5. The van der Waals surface area contributed by atoms with Crippen molar-refractivity contribution in [2.45, 2.75) is 19.9 Å². The van der Waals surface area contributed by atoms with Crippen molar-refractivity contribution in [1.29, 1.82) is 0 Å². The molecule has 4 nitrogen and oxygen atoms in total. The van der Waals surface area contributed by atoms with Crippen LogP contribution in [0.4, 0.5) is 5.69 Å². The number of hydrogen-bond donors (Lipinski definition) is 1. The van der Waals surface area contributed by atoms with Crippen molar-refractivity contribution in [3.05, 3.63) is 28.5 Å². The van der Waals surface area contributed by atoms with Crippen LogP contribution in [0.5, 0.6) is 0 Å². The van der Waals surface area contributed by atoms with E-state index in [4.69, 9.17) is 0 Å². The quantitative estimate of drug-likeness (QED) is 0.861. The molecule has 2 rings (SSSR count). The van der Waals surface area contributed by atoms with E-state index in [-0.39, 0.29) is 0 Å². The Hall–Kier alpha value is -1.36. The summed E-state index contributed by atoms with van der Waals surface area (Å²) in [6, 6.07) is 0. The fraction of sp³-hybridized carbons (Fsp3) is 0.400. The summed E-state index contributed by atoms with van der Waals surface area (Å²) in [5.41, 5.74) is 4.08. The Morgan fingerprint density at radius 1 is 1.53 bits per heavy atom. The monoisotopic (exact) mass is 222 g/mol. The summed E-state index contributed by atoms with van der Waals surface area (Å²) in [4.78, 5) is 5.28. The van der Waals surface area contributed by atoms with E-state index in [1.807, 2.05) is 29.6 Å². The van der Waals surface area contributed by atoms with Crippen molar-refractivity contribution in [1.82, 2.24) is 14.8 Å². The molecule has 2 aromatic rings. The molecule has 0 aliphatic rings. The van der Waals surface area contributed by atoms with E-state index in [0.29, 0.717) is 0 Å². The second kappa shape index (κ2) is 4.44. The van der Waals surface area contributed by atoms with Crippen LogP contribution in [0.1, 0.15) is 17.5 Å². The van der Waals surface area contributed by atoms with Gasteiger partial charge in [-0.15, -0.1) is 11.3 Å². The first-order valence-corrected chi connectivity index (χ1v) is 5.81. The van der Waals surface area contributed by atoms with Gasteiger partial charge in [-0.1, -0.05) is 6.92 Å².